The molecule has 2 aromatic carbocycles. The van der Waals surface area contributed by atoms with Gasteiger partial charge >= 0.3 is 0 Å². The zero-order chi connectivity index (χ0) is 21.4. The van der Waals surface area contributed by atoms with E-state index in [2.05, 4.69) is 29.6 Å². The van der Waals surface area contributed by atoms with Crippen molar-refractivity contribution in [3.05, 3.63) is 58.6 Å². The van der Waals surface area contributed by atoms with E-state index in [1.807, 2.05) is 25.1 Å². The van der Waals surface area contributed by atoms with Crippen LogP contribution in [0.1, 0.15) is 37.3 Å². The number of nitrogens with zero attached hydrogens (tertiary/aromatic N) is 1. The van der Waals surface area contributed by atoms with Crippen LogP contribution in [0.15, 0.2) is 47.6 Å². The van der Waals surface area contributed by atoms with Crippen molar-refractivity contribution in [2.45, 2.75) is 33.1 Å². The predicted octanol–water partition coefficient (Wildman–Crippen LogP) is 4.03. The maximum atomic E-state index is 12.2. The van der Waals surface area contributed by atoms with Crippen molar-refractivity contribution < 1.29 is 14.4 Å². The highest BCUT2D eigenvalue weighted by Gasteiger charge is 2.13. The molecule has 0 aliphatic carbocycles. The summed E-state index contributed by atoms with van der Waals surface area (Å²) in [5.74, 6) is -0.551. The molecule has 2 aromatic rings. The zero-order valence-corrected chi connectivity index (χ0v) is 17.4. The topological polar surface area (TPSA) is 106 Å². The number of oxime groups is 1. The van der Waals surface area contributed by atoms with E-state index in [-0.39, 0.29) is 30.7 Å². The number of amidine groups is 1. The number of carbonyl (C=O) groups excluding carboxylic acids is 2. The van der Waals surface area contributed by atoms with Gasteiger partial charge in [-0.05, 0) is 36.1 Å². The Morgan fingerprint density at radius 3 is 2.52 bits per heavy atom. The molecule has 2 rings (SSSR count). The van der Waals surface area contributed by atoms with Gasteiger partial charge in [0.05, 0.1) is 17.1 Å². The minimum Gasteiger partial charge on any atom is -0.384 e. The van der Waals surface area contributed by atoms with Gasteiger partial charge in [-0.2, -0.15) is 0 Å². The van der Waals surface area contributed by atoms with Crippen LogP contribution in [0.3, 0.4) is 0 Å². The summed E-state index contributed by atoms with van der Waals surface area (Å²) in [7, 11) is 0. The Hall–Kier alpha value is -3.06. The monoisotopic (exact) mass is 416 g/mol. The van der Waals surface area contributed by atoms with Gasteiger partial charge in [0.2, 0.25) is 5.91 Å². The Labute approximate surface area is 175 Å². The second-order valence-corrected chi connectivity index (χ2v) is 7.21. The van der Waals surface area contributed by atoms with E-state index in [0.717, 1.165) is 16.8 Å². The lowest BCUT2D eigenvalue weighted by molar-refractivity contribution is -0.120. The van der Waals surface area contributed by atoms with Crippen LogP contribution >= 0.6 is 11.6 Å². The number of para-hydroxylation sites is 2. The van der Waals surface area contributed by atoms with Gasteiger partial charge in [-0.15, -0.1) is 0 Å². The summed E-state index contributed by atoms with van der Waals surface area (Å²) in [6.45, 7) is 5.72. The van der Waals surface area contributed by atoms with E-state index in [9.17, 15) is 9.59 Å². The molecule has 29 heavy (non-hydrogen) atoms. The van der Waals surface area contributed by atoms with Crippen LogP contribution in [0.5, 0.6) is 0 Å². The average molecular weight is 417 g/mol. The Bertz CT molecular complexity index is 913. The van der Waals surface area contributed by atoms with Crippen LogP contribution in [0.4, 0.5) is 11.4 Å². The second-order valence-electron chi connectivity index (χ2n) is 6.80. The Morgan fingerprint density at radius 2 is 1.83 bits per heavy atom. The molecule has 2 amide bonds. The molecule has 0 aliphatic heterocycles. The molecule has 0 radical (unpaired) electrons. The summed E-state index contributed by atoms with van der Waals surface area (Å²) in [4.78, 5) is 29.2. The number of nitrogens with one attached hydrogen (secondary N) is 2. The normalized spacial score (nSPS) is 11.3. The fourth-order valence-electron chi connectivity index (χ4n) is 2.65. The number of anilines is 2. The number of hydrogen-bond acceptors (Lipinski definition) is 4. The molecule has 4 N–H and O–H groups in total. The molecule has 8 heteroatoms. The van der Waals surface area contributed by atoms with E-state index >= 15 is 0 Å². The molecular weight excluding hydrogens is 392 g/mol. The van der Waals surface area contributed by atoms with Gasteiger partial charge in [-0.1, -0.05) is 60.9 Å². The first kappa shape index (κ1) is 22.2. The van der Waals surface area contributed by atoms with E-state index in [0.29, 0.717) is 10.7 Å². The number of halogens is 1. The first-order valence-corrected chi connectivity index (χ1v) is 9.53. The van der Waals surface area contributed by atoms with Gasteiger partial charge < -0.3 is 21.2 Å². The highest BCUT2D eigenvalue weighted by molar-refractivity contribution is 6.33. The number of carbonyl (C=O) groups is 2. The van der Waals surface area contributed by atoms with Gasteiger partial charge in [0.1, 0.15) is 5.84 Å². The van der Waals surface area contributed by atoms with Crippen molar-refractivity contribution >= 4 is 40.6 Å². The molecule has 0 bridgehead atoms. The minimum atomic E-state index is -0.395. The summed E-state index contributed by atoms with van der Waals surface area (Å²) in [5.41, 5.74) is 8.94. The van der Waals surface area contributed by atoms with Crippen molar-refractivity contribution in [1.82, 2.24) is 0 Å². The van der Waals surface area contributed by atoms with Gasteiger partial charge in [-0.3, -0.25) is 9.59 Å². The first-order chi connectivity index (χ1) is 13.8. The maximum absolute atomic E-state index is 12.2. The molecule has 0 saturated carbocycles. The number of benzene rings is 2. The number of aryl methyl sites for hydroxylation is 1. The number of amides is 2. The van der Waals surface area contributed by atoms with Crippen LogP contribution in [0.2, 0.25) is 5.02 Å². The lowest BCUT2D eigenvalue weighted by Gasteiger charge is -2.16. The highest BCUT2D eigenvalue weighted by Crippen LogP contribution is 2.27. The minimum absolute atomic E-state index is 0.0545. The summed E-state index contributed by atoms with van der Waals surface area (Å²) >= 11 is 5.99. The van der Waals surface area contributed by atoms with Crippen LogP contribution in [0, 0.1) is 6.92 Å². The molecule has 0 spiro atoms. The molecule has 0 aromatic heterocycles. The van der Waals surface area contributed by atoms with E-state index < -0.39 is 5.91 Å². The van der Waals surface area contributed by atoms with E-state index in [4.69, 9.17) is 22.2 Å². The highest BCUT2D eigenvalue weighted by atomic mass is 35.5. The number of hydrogen-bond donors (Lipinski definition) is 3. The van der Waals surface area contributed by atoms with Crippen molar-refractivity contribution in [1.29, 1.82) is 0 Å². The smallest absolute Gasteiger partial charge is 0.265 e. The molecule has 0 saturated heterocycles. The zero-order valence-electron chi connectivity index (χ0n) is 16.7. The summed E-state index contributed by atoms with van der Waals surface area (Å²) in [5, 5.41) is 9.52. The van der Waals surface area contributed by atoms with Crippen molar-refractivity contribution in [2.24, 2.45) is 10.9 Å². The predicted molar refractivity (Wildman–Crippen MR) is 116 cm³/mol. The van der Waals surface area contributed by atoms with Crippen LogP contribution in [0.25, 0.3) is 0 Å². The van der Waals surface area contributed by atoms with Crippen molar-refractivity contribution in [3.63, 3.8) is 0 Å². The Morgan fingerprint density at radius 1 is 1.10 bits per heavy atom. The molecule has 0 aliphatic rings. The lowest BCUT2D eigenvalue weighted by Crippen LogP contribution is -2.24. The molecule has 0 fully saturated rings. The van der Waals surface area contributed by atoms with Crippen LogP contribution in [-0.4, -0.2) is 24.3 Å². The average Bonchev–Trinajstić information content (AvgIpc) is 2.65. The lowest BCUT2D eigenvalue weighted by atomic mass is 9.98. The van der Waals surface area contributed by atoms with Crippen molar-refractivity contribution in [3.8, 4) is 0 Å². The molecule has 154 valence electrons. The Kier molecular flexibility index (Phi) is 8.03. The van der Waals surface area contributed by atoms with E-state index in [1.165, 1.54) is 0 Å². The SMILES string of the molecule is Cc1cccc(C(C)C)c1NC(=O)CO/N=C(/N)CC(=O)Nc1ccccc1Cl. The molecular formula is C21H25ClN4O3. The molecule has 0 atom stereocenters. The third-order valence-electron chi connectivity index (χ3n) is 4.06. The summed E-state index contributed by atoms with van der Waals surface area (Å²) < 4.78 is 0. The fourth-order valence-corrected chi connectivity index (χ4v) is 2.83. The van der Waals surface area contributed by atoms with Gasteiger partial charge in [0.25, 0.3) is 5.91 Å². The van der Waals surface area contributed by atoms with Crippen LogP contribution in [-0.2, 0) is 14.4 Å². The maximum Gasteiger partial charge on any atom is 0.265 e. The van der Waals surface area contributed by atoms with Gasteiger partial charge in [0, 0.05) is 5.69 Å². The molecule has 7 nitrogen and oxygen atoms in total. The second kappa shape index (κ2) is 10.5. The number of nitrogens with two attached hydrogens (primary N) is 1. The number of rotatable bonds is 8. The third kappa shape index (κ3) is 6.80. The standard InChI is InChI=1S/C21H25ClN4O3/c1-13(2)15-8-6-7-14(3)21(15)25-20(28)12-29-26-18(23)11-19(27)24-17-10-5-4-9-16(17)22/h4-10,13H,11-12H2,1-3H3,(H2,23,26)(H,24,27)(H,25,28). The van der Waals surface area contributed by atoms with E-state index in [1.54, 1.807) is 24.3 Å². The van der Waals surface area contributed by atoms with Gasteiger partial charge in [-0.25, -0.2) is 0 Å². The quantitative estimate of drug-likeness (QED) is 0.343. The summed E-state index contributed by atoms with van der Waals surface area (Å²) in [6.07, 6.45) is -0.192. The fraction of sp³-hybridized carbons (Fsp3) is 0.286. The summed E-state index contributed by atoms with van der Waals surface area (Å²) in [6, 6.07) is 12.7. The molecule has 0 heterocycles. The first-order valence-electron chi connectivity index (χ1n) is 9.16. The third-order valence-corrected chi connectivity index (χ3v) is 4.39. The Balaban J connectivity index is 1.85. The van der Waals surface area contributed by atoms with Gasteiger partial charge in [0.15, 0.2) is 6.61 Å². The van der Waals surface area contributed by atoms with Crippen LogP contribution < -0.4 is 16.4 Å². The molecule has 0 unspecified atom stereocenters. The largest absolute Gasteiger partial charge is 0.384 e. The van der Waals surface area contributed by atoms with Crippen molar-refractivity contribution in [2.75, 3.05) is 17.2 Å².